The Morgan fingerprint density at radius 3 is 2.89 bits per heavy atom. The number of aryl methyl sites for hydroxylation is 1. The summed E-state index contributed by atoms with van der Waals surface area (Å²) in [6, 6.07) is 5.73. The monoisotopic (exact) mass is 249 g/mol. The van der Waals surface area contributed by atoms with Gasteiger partial charge in [0.05, 0.1) is 4.92 Å². The van der Waals surface area contributed by atoms with Crippen molar-refractivity contribution in [1.29, 1.82) is 0 Å². The summed E-state index contributed by atoms with van der Waals surface area (Å²) < 4.78 is 0. The Balaban J connectivity index is 2.13. The zero-order valence-electron chi connectivity index (χ0n) is 10.8. The highest BCUT2D eigenvalue weighted by Crippen LogP contribution is 2.23. The number of nitro groups is 1. The largest absolute Gasteiger partial charge is 0.373 e. The van der Waals surface area contributed by atoms with E-state index < -0.39 is 0 Å². The van der Waals surface area contributed by atoms with Gasteiger partial charge in [-0.1, -0.05) is 0 Å². The fraction of sp³-hybridized carbons (Fsp3) is 0.538. The van der Waals surface area contributed by atoms with E-state index in [1.165, 1.54) is 12.8 Å². The quantitative estimate of drug-likeness (QED) is 0.655. The van der Waals surface area contributed by atoms with Gasteiger partial charge in [-0.15, -0.1) is 0 Å². The standard InChI is InChI=1S/C13H19N3O2/c1-10-6-12(8-13(7-10)16(17)18)15(2)9-11-4-3-5-14-11/h6-8,11,14H,3-5,9H2,1-2H3. The van der Waals surface area contributed by atoms with Gasteiger partial charge in [-0.05, 0) is 37.9 Å². The van der Waals surface area contributed by atoms with Crippen molar-refractivity contribution in [2.24, 2.45) is 0 Å². The Kier molecular flexibility index (Phi) is 3.81. The molecular weight excluding hydrogens is 230 g/mol. The Morgan fingerprint density at radius 2 is 2.28 bits per heavy atom. The van der Waals surface area contributed by atoms with Crippen LogP contribution < -0.4 is 10.2 Å². The molecule has 1 fully saturated rings. The molecule has 1 aromatic rings. The zero-order chi connectivity index (χ0) is 13.1. The van der Waals surface area contributed by atoms with Crippen molar-refractivity contribution in [1.82, 2.24) is 5.32 Å². The van der Waals surface area contributed by atoms with E-state index in [0.29, 0.717) is 6.04 Å². The van der Waals surface area contributed by atoms with Crippen LogP contribution in [0.25, 0.3) is 0 Å². The molecule has 1 saturated heterocycles. The molecule has 0 aliphatic carbocycles. The molecule has 0 saturated carbocycles. The van der Waals surface area contributed by atoms with Gasteiger partial charge in [-0.25, -0.2) is 0 Å². The van der Waals surface area contributed by atoms with E-state index >= 15 is 0 Å². The number of nitro benzene ring substituents is 1. The van der Waals surface area contributed by atoms with Crippen LogP contribution in [0, 0.1) is 17.0 Å². The van der Waals surface area contributed by atoms with Crippen molar-refractivity contribution in [2.45, 2.75) is 25.8 Å². The topological polar surface area (TPSA) is 58.4 Å². The number of hydrogen-bond acceptors (Lipinski definition) is 4. The van der Waals surface area contributed by atoms with Crippen molar-refractivity contribution < 1.29 is 4.92 Å². The molecule has 2 rings (SSSR count). The van der Waals surface area contributed by atoms with E-state index in [-0.39, 0.29) is 10.6 Å². The van der Waals surface area contributed by atoms with Crippen molar-refractivity contribution in [3.63, 3.8) is 0 Å². The van der Waals surface area contributed by atoms with Crippen LogP contribution in [-0.2, 0) is 0 Å². The average molecular weight is 249 g/mol. The smallest absolute Gasteiger partial charge is 0.271 e. The highest BCUT2D eigenvalue weighted by Gasteiger charge is 2.17. The highest BCUT2D eigenvalue weighted by molar-refractivity contribution is 5.55. The van der Waals surface area contributed by atoms with E-state index in [0.717, 1.165) is 24.3 Å². The first kappa shape index (κ1) is 12.8. The Hall–Kier alpha value is -1.62. The Bertz CT molecular complexity index is 442. The number of likely N-dealkylation sites (N-methyl/N-ethyl adjacent to an activating group) is 1. The summed E-state index contributed by atoms with van der Waals surface area (Å²) in [5.41, 5.74) is 2.00. The minimum Gasteiger partial charge on any atom is -0.373 e. The molecule has 0 amide bonds. The van der Waals surface area contributed by atoms with E-state index in [9.17, 15) is 10.1 Å². The summed E-state index contributed by atoms with van der Waals surface area (Å²) in [5.74, 6) is 0. The summed E-state index contributed by atoms with van der Waals surface area (Å²) >= 11 is 0. The van der Waals surface area contributed by atoms with Gasteiger partial charge in [0, 0.05) is 37.5 Å². The van der Waals surface area contributed by atoms with Crippen LogP contribution in [0.3, 0.4) is 0 Å². The van der Waals surface area contributed by atoms with Crippen LogP contribution in [0.15, 0.2) is 18.2 Å². The molecule has 1 N–H and O–H groups in total. The maximum atomic E-state index is 10.8. The molecule has 98 valence electrons. The number of rotatable bonds is 4. The molecule has 0 spiro atoms. The van der Waals surface area contributed by atoms with Gasteiger partial charge in [0.25, 0.3) is 5.69 Å². The number of nitrogens with zero attached hydrogens (tertiary/aromatic N) is 2. The summed E-state index contributed by atoms with van der Waals surface area (Å²) in [7, 11) is 1.98. The predicted octanol–water partition coefficient (Wildman–Crippen LogP) is 2.09. The lowest BCUT2D eigenvalue weighted by molar-refractivity contribution is -0.384. The third-order valence-electron chi connectivity index (χ3n) is 3.36. The van der Waals surface area contributed by atoms with Crippen LogP contribution in [0.5, 0.6) is 0 Å². The van der Waals surface area contributed by atoms with Gasteiger partial charge in [0.2, 0.25) is 0 Å². The lowest BCUT2D eigenvalue weighted by Crippen LogP contribution is -2.35. The van der Waals surface area contributed by atoms with Gasteiger partial charge in [0.1, 0.15) is 0 Å². The first-order valence-corrected chi connectivity index (χ1v) is 6.27. The number of anilines is 1. The molecule has 0 bridgehead atoms. The zero-order valence-corrected chi connectivity index (χ0v) is 10.8. The molecular formula is C13H19N3O2. The molecule has 1 unspecified atom stereocenters. The van der Waals surface area contributed by atoms with Crippen molar-refractivity contribution in [3.8, 4) is 0 Å². The highest BCUT2D eigenvalue weighted by atomic mass is 16.6. The van der Waals surface area contributed by atoms with Gasteiger partial charge >= 0.3 is 0 Å². The molecule has 1 aliphatic heterocycles. The summed E-state index contributed by atoms with van der Waals surface area (Å²) in [4.78, 5) is 12.6. The molecule has 1 aromatic carbocycles. The van der Waals surface area contributed by atoms with Crippen molar-refractivity contribution >= 4 is 11.4 Å². The van der Waals surface area contributed by atoms with E-state index in [1.807, 2.05) is 20.0 Å². The second kappa shape index (κ2) is 5.35. The molecule has 18 heavy (non-hydrogen) atoms. The molecule has 0 aromatic heterocycles. The van der Waals surface area contributed by atoms with Crippen LogP contribution in [0.4, 0.5) is 11.4 Å². The fourth-order valence-corrected chi connectivity index (χ4v) is 2.42. The summed E-state index contributed by atoms with van der Waals surface area (Å²) in [6.07, 6.45) is 2.39. The lowest BCUT2D eigenvalue weighted by Gasteiger charge is -2.23. The second-order valence-corrected chi connectivity index (χ2v) is 4.96. The number of hydrogen-bond donors (Lipinski definition) is 1. The normalized spacial score (nSPS) is 18.9. The maximum Gasteiger partial charge on any atom is 0.271 e. The predicted molar refractivity (Wildman–Crippen MR) is 72.1 cm³/mol. The first-order chi connectivity index (χ1) is 8.56. The Labute approximate surface area is 107 Å². The van der Waals surface area contributed by atoms with Gasteiger partial charge in [-0.2, -0.15) is 0 Å². The van der Waals surface area contributed by atoms with E-state index in [1.54, 1.807) is 12.1 Å². The van der Waals surface area contributed by atoms with Gasteiger partial charge in [-0.3, -0.25) is 10.1 Å². The summed E-state index contributed by atoms with van der Waals surface area (Å²) in [6.45, 7) is 3.85. The van der Waals surface area contributed by atoms with Crippen molar-refractivity contribution in [3.05, 3.63) is 33.9 Å². The maximum absolute atomic E-state index is 10.8. The third kappa shape index (κ3) is 2.98. The van der Waals surface area contributed by atoms with Crippen molar-refractivity contribution in [2.75, 3.05) is 25.0 Å². The molecule has 1 heterocycles. The van der Waals surface area contributed by atoms with Crippen LogP contribution in [-0.4, -0.2) is 31.1 Å². The van der Waals surface area contributed by atoms with Crippen LogP contribution in [0.1, 0.15) is 18.4 Å². The first-order valence-electron chi connectivity index (χ1n) is 6.27. The fourth-order valence-electron chi connectivity index (χ4n) is 2.42. The Morgan fingerprint density at radius 1 is 1.50 bits per heavy atom. The van der Waals surface area contributed by atoms with Crippen LogP contribution >= 0.6 is 0 Å². The SMILES string of the molecule is Cc1cc(N(C)CC2CCCN2)cc([N+](=O)[O-])c1. The summed E-state index contributed by atoms with van der Waals surface area (Å²) in [5, 5.41) is 14.3. The molecule has 1 atom stereocenters. The lowest BCUT2D eigenvalue weighted by atomic mass is 10.1. The number of non-ortho nitro benzene ring substituents is 1. The number of benzene rings is 1. The van der Waals surface area contributed by atoms with Gasteiger partial charge < -0.3 is 10.2 Å². The average Bonchev–Trinajstić information content (AvgIpc) is 2.80. The molecule has 5 nitrogen and oxygen atoms in total. The molecule has 0 radical (unpaired) electrons. The number of nitrogens with one attached hydrogen (secondary N) is 1. The second-order valence-electron chi connectivity index (χ2n) is 4.96. The minimum atomic E-state index is -0.335. The van der Waals surface area contributed by atoms with Crippen LogP contribution in [0.2, 0.25) is 0 Å². The third-order valence-corrected chi connectivity index (χ3v) is 3.36. The van der Waals surface area contributed by atoms with Gasteiger partial charge in [0.15, 0.2) is 0 Å². The molecule has 1 aliphatic rings. The van der Waals surface area contributed by atoms with E-state index in [4.69, 9.17) is 0 Å². The molecule has 5 heteroatoms. The minimum absolute atomic E-state index is 0.163. The van der Waals surface area contributed by atoms with E-state index in [2.05, 4.69) is 10.2 Å².